The standard InChI is InChI=1S/C15H22N4O4S/c1-18(24(2,22)23)7-6-17-15(21)13-8-14(20)19(11-13)10-12-4-3-5-16-9-12/h3-5,9,13H,6-8,10-11H2,1-2H3,(H,17,21)/t13-/m1/s1. The Bertz CT molecular complexity index is 693. The van der Waals surface area contributed by atoms with Crippen molar-refractivity contribution in [2.24, 2.45) is 5.92 Å². The molecule has 1 aliphatic rings. The van der Waals surface area contributed by atoms with Gasteiger partial charge in [0.15, 0.2) is 0 Å². The lowest BCUT2D eigenvalue weighted by Crippen LogP contribution is -2.38. The number of sulfonamides is 1. The fourth-order valence-electron chi connectivity index (χ4n) is 2.46. The van der Waals surface area contributed by atoms with Crippen molar-refractivity contribution >= 4 is 21.8 Å². The fourth-order valence-corrected chi connectivity index (χ4v) is 2.88. The van der Waals surface area contributed by atoms with Crippen LogP contribution in [0.5, 0.6) is 0 Å². The highest BCUT2D eigenvalue weighted by Crippen LogP contribution is 2.20. The van der Waals surface area contributed by atoms with Crippen LogP contribution in [0.1, 0.15) is 12.0 Å². The van der Waals surface area contributed by atoms with Crippen molar-refractivity contribution < 1.29 is 18.0 Å². The first-order valence-corrected chi connectivity index (χ1v) is 9.48. The Morgan fingerprint density at radius 2 is 2.25 bits per heavy atom. The summed E-state index contributed by atoms with van der Waals surface area (Å²) in [6.45, 7) is 1.22. The summed E-state index contributed by atoms with van der Waals surface area (Å²) in [5, 5.41) is 2.70. The highest BCUT2D eigenvalue weighted by atomic mass is 32.2. The minimum atomic E-state index is -3.26. The van der Waals surface area contributed by atoms with E-state index in [1.165, 1.54) is 11.4 Å². The molecule has 8 nitrogen and oxygen atoms in total. The molecule has 132 valence electrons. The van der Waals surface area contributed by atoms with Gasteiger partial charge in [-0.3, -0.25) is 14.6 Å². The predicted octanol–water partition coefficient (Wildman–Crippen LogP) is -0.562. The molecular weight excluding hydrogens is 332 g/mol. The van der Waals surface area contributed by atoms with Crippen molar-refractivity contribution in [3.05, 3.63) is 30.1 Å². The lowest BCUT2D eigenvalue weighted by atomic mass is 10.1. The summed E-state index contributed by atoms with van der Waals surface area (Å²) in [6, 6.07) is 3.69. The quantitative estimate of drug-likeness (QED) is 0.707. The molecule has 1 fully saturated rings. The second-order valence-corrected chi connectivity index (χ2v) is 8.00. The van der Waals surface area contributed by atoms with Crippen molar-refractivity contribution in [3.8, 4) is 0 Å². The Morgan fingerprint density at radius 1 is 1.50 bits per heavy atom. The summed E-state index contributed by atoms with van der Waals surface area (Å²) >= 11 is 0. The van der Waals surface area contributed by atoms with Crippen LogP contribution >= 0.6 is 0 Å². The lowest BCUT2D eigenvalue weighted by molar-refractivity contribution is -0.129. The second kappa shape index (κ2) is 7.71. The molecule has 9 heteroatoms. The van der Waals surface area contributed by atoms with Gasteiger partial charge in [0.05, 0.1) is 12.2 Å². The fraction of sp³-hybridized carbons (Fsp3) is 0.533. The Hall–Kier alpha value is -2.00. The van der Waals surface area contributed by atoms with Crippen LogP contribution in [-0.4, -0.2) is 67.4 Å². The van der Waals surface area contributed by atoms with Gasteiger partial charge in [-0.05, 0) is 11.6 Å². The number of carbonyl (C=O) groups excluding carboxylic acids is 2. The maximum Gasteiger partial charge on any atom is 0.225 e. The first-order valence-electron chi connectivity index (χ1n) is 7.63. The normalized spacial score (nSPS) is 18.2. The first-order chi connectivity index (χ1) is 11.3. The van der Waals surface area contributed by atoms with E-state index in [1.807, 2.05) is 6.07 Å². The average Bonchev–Trinajstić information content (AvgIpc) is 2.88. The number of aromatic nitrogens is 1. The molecule has 2 rings (SSSR count). The van der Waals surface area contributed by atoms with Gasteiger partial charge in [-0.25, -0.2) is 12.7 Å². The number of rotatable bonds is 7. The third kappa shape index (κ3) is 5.00. The average molecular weight is 354 g/mol. The number of nitrogens with zero attached hydrogens (tertiary/aromatic N) is 3. The van der Waals surface area contributed by atoms with E-state index in [1.54, 1.807) is 23.4 Å². The molecular formula is C15H22N4O4S. The molecule has 1 atom stereocenters. The highest BCUT2D eigenvalue weighted by molar-refractivity contribution is 7.88. The van der Waals surface area contributed by atoms with Crippen molar-refractivity contribution in [2.75, 3.05) is 32.9 Å². The van der Waals surface area contributed by atoms with Crippen molar-refractivity contribution in [2.45, 2.75) is 13.0 Å². The Balaban J connectivity index is 1.81. The molecule has 0 bridgehead atoms. The van der Waals surface area contributed by atoms with Crippen LogP contribution in [0.4, 0.5) is 0 Å². The molecule has 0 aromatic carbocycles. The van der Waals surface area contributed by atoms with E-state index >= 15 is 0 Å². The highest BCUT2D eigenvalue weighted by Gasteiger charge is 2.34. The number of carbonyl (C=O) groups is 2. The van der Waals surface area contributed by atoms with E-state index in [0.717, 1.165) is 11.8 Å². The Kier molecular flexibility index (Phi) is 5.89. The molecule has 0 unspecified atom stereocenters. The first kappa shape index (κ1) is 18.3. The summed E-state index contributed by atoms with van der Waals surface area (Å²) in [5.41, 5.74) is 0.918. The molecule has 24 heavy (non-hydrogen) atoms. The zero-order chi connectivity index (χ0) is 17.7. The molecule has 2 heterocycles. The van der Waals surface area contributed by atoms with Crippen LogP contribution in [0.2, 0.25) is 0 Å². The number of likely N-dealkylation sites (tertiary alicyclic amines) is 1. The largest absolute Gasteiger partial charge is 0.354 e. The van der Waals surface area contributed by atoms with E-state index in [2.05, 4.69) is 10.3 Å². The molecule has 1 aromatic rings. The van der Waals surface area contributed by atoms with Gasteiger partial charge in [-0.2, -0.15) is 0 Å². The van der Waals surface area contributed by atoms with E-state index in [9.17, 15) is 18.0 Å². The molecule has 1 aliphatic heterocycles. The molecule has 0 saturated carbocycles. The van der Waals surface area contributed by atoms with Crippen molar-refractivity contribution in [1.29, 1.82) is 0 Å². The lowest BCUT2D eigenvalue weighted by Gasteiger charge is -2.17. The summed E-state index contributed by atoms with van der Waals surface area (Å²) in [6.07, 6.45) is 4.65. The van der Waals surface area contributed by atoms with Crippen LogP contribution in [0.3, 0.4) is 0 Å². The summed E-state index contributed by atoms with van der Waals surface area (Å²) in [4.78, 5) is 29.8. The van der Waals surface area contributed by atoms with Gasteiger partial charge in [0, 0.05) is 52.0 Å². The smallest absolute Gasteiger partial charge is 0.225 e. The molecule has 1 aromatic heterocycles. The van der Waals surface area contributed by atoms with Crippen LogP contribution in [-0.2, 0) is 26.2 Å². The van der Waals surface area contributed by atoms with Crippen molar-refractivity contribution in [3.63, 3.8) is 0 Å². The molecule has 0 radical (unpaired) electrons. The summed E-state index contributed by atoms with van der Waals surface area (Å²) in [7, 11) is -1.80. The number of pyridine rings is 1. The minimum absolute atomic E-state index is 0.0627. The van der Waals surface area contributed by atoms with Crippen LogP contribution < -0.4 is 5.32 Å². The molecule has 2 amide bonds. The number of nitrogens with one attached hydrogen (secondary N) is 1. The monoisotopic (exact) mass is 354 g/mol. The third-order valence-electron chi connectivity index (χ3n) is 3.97. The van der Waals surface area contributed by atoms with Crippen LogP contribution in [0.15, 0.2) is 24.5 Å². The maximum atomic E-state index is 12.1. The Morgan fingerprint density at radius 3 is 2.88 bits per heavy atom. The maximum absolute atomic E-state index is 12.1. The predicted molar refractivity (Wildman–Crippen MR) is 88.2 cm³/mol. The van der Waals surface area contributed by atoms with Gasteiger partial charge in [0.2, 0.25) is 21.8 Å². The van der Waals surface area contributed by atoms with E-state index in [-0.39, 0.29) is 31.3 Å². The number of hydrogen-bond acceptors (Lipinski definition) is 5. The zero-order valence-corrected chi connectivity index (χ0v) is 14.6. The molecule has 0 spiro atoms. The van der Waals surface area contributed by atoms with Gasteiger partial charge >= 0.3 is 0 Å². The van der Waals surface area contributed by atoms with Gasteiger partial charge in [0.25, 0.3) is 0 Å². The van der Waals surface area contributed by atoms with E-state index in [4.69, 9.17) is 0 Å². The molecule has 1 N–H and O–H groups in total. The number of likely N-dealkylation sites (N-methyl/N-ethyl adjacent to an activating group) is 1. The van der Waals surface area contributed by atoms with E-state index < -0.39 is 15.9 Å². The number of hydrogen-bond donors (Lipinski definition) is 1. The van der Waals surface area contributed by atoms with Crippen LogP contribution in [0.25, 0.3) is 0 Å². The third-order valence-corrected chi connectivity index (χ3v) is 5.29. The zero-order valence-electron chi connectivity index (χ0n) is 13.8. The Labute approximate surface area is 141 Å². The SMILES string of the molecule is CN(CCNC(=O)[C@@H]1CC(=O)N(Cc2cccnc2)C1)S(C)(=O)=O. The van der Waals surface area contributed by atoms with E-state index in [0.29, 0.717) is 13.1 Å². The summed E-state index contributed by atoms with van der Waals surface area (Å²) < 4.78 is 23.7. The van der Waals surface area contributed by atoms with Gasteiger partial charge in [-0.1, -0.05) is 6.07 Å². The van der Waals surface area contributed by atoms with Gasteiger partial charge in [0.1, 0.15) is 0 Å². The topological polar surface area (TPSA) is 99.7 Å². The second-order valence-electron chi connectivity index (χ2n) is 5.91. The summed E-state index contributed by atoms with van der Waals surface area (Å²) in [5.74, 6) is -0.691. The number of amides is 2. The molecule has 0 aliphatic carbocycles. The minimum Gasteiger partial charge on any atom is -0.354 e. The van der Waals surface area contributed by atoms with Gasteiger partial charge < -0.3 is 10.2 Å². The van der Waals surface area contributed by atoms with Gasteiger partial charge in [-0.15, -0.1) is 0 Å². The molecule has 1 saturated heterocycles. The van der Waals surface area contributed by atoms with Crippen LogP contribution in [0, 0.1) is 5.92 Å². The van der Waals surface area contributed by atoms with Crippen molar-refractivity contribution in [1.82, 2.24) is 19.5 Å².